The quantitative estimate of drug-likeness (QED) is 0.775. The van der Waals surface area contributed by atoms with Crippen LogP contribution in [0.25, 0.3) is 0 Å². The molecule has 1 aliphatic carbocycles. The maximum atomic E-state index is 11.3. The predicted molar refractivity (Wildman–Crippen MR) is 59.1 cm³/mol. The Balaban J connectivity index is 2.86. The maximum Gasteiger partial charge on any atom is 0.221 e. The highest BCUT2D eigenvalue weighted by Gasteiger charge is 2.40. The Hall–Kier alpha value is -0.860. The van der Waals surface area contributed by atoms with Crippen molar-refractivity contribution in [2.45, 2.75) is 46.5 Å². The van der Waals surface area contributed by atoms with Crippen molar-refractivity contribution in [1.82, 2.24) is 0 Å². The van der Waals surface area contributed by atoms with Gasteiger partial charge in [-0.15, -0.1) is 0 Å². The van der Waals surface area contributed by atoms with Gasteiger partial charge < -0.3 is 5.73 Å². The Kier molecular flexibility index (Phi) is 3.53. The monoisotopic (exact) mass is 211 g/mol. The molecule has 0 aliphatic heterocycles. The summed E-state index contributed by atoms with van der Waals surface area (Å²) >= 11 is 0. The number of rotatable bonds is 3. The third-order valence-electron chi connectivity index (χ3n) is 3.95. The molecule has 2 N–H and O–H groups in total. The Labute approximate surface area is 91.4 Å². The first kappa shape index (κ1) is 12.2. The Morgan fingerprint density at radius 3 is 2.60 bits per heavy atom. The first-order valence-corrected chi connectivity index (χ1v) is 5.69. The van der Waals surface area contributed by atoms with E-state index in [0.29, 0.717) is 12.8 Å². The topological polar surface area (TPSA) is 60.2 Å². The molecule has 1 fully saturated rings. The molecular weight excluding hydrogens is 190 g/mol. The van der Waals surface area contributed by atoms with Crippen LogP contribution in [0.5, 0.6) is 0 Å². The van der Waals surface area contributed by atoms with E-state index in [1.54, 1.807) is 0 Å². The number of nitrogens with two attached hydrogens (primary N) is 1. The van der Waals surface area contributed by atoms with E-state index >= 15 is 0 Å². The lowest BCUT2D eigenvalue weighted by Crippen LogP contribution is -2.42. The van der Waals surface area contributed by atoms with Crippen molar-refractivity contribution in [3.8, 4) is 0 Å². The minimum Gasteiger partial charge on any atom is -0.369 e. The number of amides is 1. The fraction of sp³-hybridized carbons (Fsp3) is 0.833. The van der Waals surface area contributed by atoms with Crippen LogP contribution in [0.15, 0.2) is 0 Å². The van der Waals surface area contributed by atoms with Gasteiger partial charge in [0.1, 0.15) is 5.78 Å². The van der Waals surface area contributed by atoms with Crippen molar-refractivity contribution in [2.75, 3.05) is 0 Å². The van der Waals surface area contributed by atoms with E-state index in [1.165, 1.54) is 0 Å². The fourth-order valence-corrected chi connectivity index (χ4v) is 2.50. The summed E-state index contributed by atoms with van der Waals surface area (Å²) in [5.41, 5.74) is 5.48. The molecule has 0 radical (unpaired) electrons. The van der Waals surface area contributed by atoms with Gasteiger partial charge in [-0.2, -0.15) is 0 Å². The smallest absolute Gasteiger partial charge is 0.221 e. The van der Waals surface area contributed by atoms with Gasteiger partial charge in [-0.05, 0) is 17.8 Å². The molecule has 0 aromatic rings. The van der Waals surface area contributed by atoms with Crippen molar-refractivity contribution in [3.05, 3.63) is 0 Å². The second-order valence-corrected chi connectivity index (χ2v) is 5.24. The summed E-state index contributed by atoms with van der Waals surface area (Å²) in [6, 6.07) is 0. The van der Waals surface area contributed by atoms with E-state index in [9.17, 15) is 9.59 Å². The third-order valence-corrected chi connectivity index (χ3v) is 3.95. The lowest BCUT2D eigenvalue weighted by atomic mass is 9.64. The van der Waals surface area contributed by atoms with Crippen molar-refractivity contribution in [2.24, 2.45) is 23.0 Å². The number of hydrogen-bond acceptors (Lipinski definition) is 2. The van der Waals surface area contributed by atoms with Crippen LogP contribution in [0, 0.1) is 17.3 Å². The van der Waals surface area contributed by atoms with E-state index in [4.69, 9.17) is 5.73 Å². The Morgan fingerprint density at radius 2 is 2.13 bits per heavy atom. The zero-order valence-electron chi connectivity index (χ0n) is 9.88. The van der Waals surface area contributed by atoms with E-state index in [1.807, 2.05) is 0 Å². The molecule has 0 bridgehead atoms. The van der Waals surface area contributed by atoms with Gasteiger partial charge in [0.25, 0.3) is 0 Å². The lowest BCUT2D eigenvalue weighted by Gasteiger charge is -2.40. The molecule has 0 aromatic heterocycles. The van der Waals surface area contributed by atoms with E-state index in [-0.39, 0.29) is 28.9 Å². The maximum absolute atomic E-state index is 11.3. The largest absolute Gasteiger partial charge is 0.369 e. The number of carbonyl (C=O) groups is 2. The van der Waals surface area contributed by atoms with Crippen LogP contribution < -0.4 is 5.73 Å². The number of carbonyl (C=O) groups excluding carboxylic acids is 2. The standard InChI is InChI=1S/C12H21NO2/c1-4-12(2,3)10-6-5-8(14)7-9(10)11(13)15/h9-10H,4-7H2,1-3H3,(H2,13,15). The molecule has 0 heterocycles. The van der Waals surface area contributed by atoms with Crippen LogP contribution in [0.1, 0.15) is 46.5 Å². The predicted octanol–water partition coefficient (Wildman–Crippen LogP) is 1.89. The molecule has 3 nitrogen and oxygen atoms in total. The molecular formula is C12H21NO2. The average molecular weight is 211 g/mol. The SMILES string of the molecule is CCC(C)(C)C1CCC(=O)CC1C(N)=O. The van der Waals surface area contributed by atoms with Gasteiger partial charge >= 0.3 is 0 Å². The van der Waals surface area contributed by atoms with Crippen LogP contribution in [0.2, 0.25) is 0 Å². The van der Waals surface area contributed by atoms with Crippen molar-refractivity contribution in [1.29, 1.82) is 0 Å². The van der Waals surface area contributed by atoms with Gasteiger partial charge in [0.05, 0.1) is 0 Å². The summed E-state index contributed by atoms with van der Waals surface area (Å²) < 4.78 is 0. The van der Waals surface area contributed by atoms with Gasteiger partial charge in [-0.25, -0.2) is 0 Å². The average Bonchev–Trinajstić information content (AvgIpc) is 2.17. The molecule has 1 aliphatic rings. The van der Waals surface area contributed by atoms with Crippen LogP contribution in [-0.4, -0.2) is 11.7 Å². The highest BCUT2D eigenvalue weighted by molar-refractivity contribution is 5.87. The summed E-state index contributed by atoms with van der Waals surface area (Å²) in [5, 5.41) is 0. The zero-order chi connectivity index (χ0) is 11.6. The molecule has 0 saturated heterocycles. The lowest BCUT2D eigenvalue weighted by molar-refractivity contribution is -0.134. The Morgan fingerprint density at radius 1 is 1.53 bits per heavy atom. The second kappa shape index (κ2) is 4.33. The van der Waals surface area contributed by atoms with Crippen molar-refractivity contribution >= 4 is 11.7 Å². The number of Topliss-reactive ketones (excluding diaryl/α,β-unsaturated/α-hetero) is 1. The summed E-state index contributed by atoms with van der Waals surface area (Å²) in [5.74, 6) is -0.115. The molecule has 86 valence electrons. The molecule has 15 heavy (non-hydrogen) atoms. The summed E-state index contributed by atoms with van der Waals surface area (Å²) in [6.45, 7) is 6.43. The van der Waals surface area contributed by atoms with Crippen molar-refractivity contribution in [3.63, 3.8) is 0 Å². The third kappa shape index (κ3) is 2.58. The number of primary amides is 1. The van der Waals surface area contributed by atoms with Crippen LogP contribution in [0.4, 0.5) is 0 Å². The van der Waals surface area contributed by atoms with Crippen LogP contribution >= 0.6 is 0 Å². The minimum absolute atomic E-state index is 0.0976. The molecule has 1 amide bonds. The van der Waals surface area contributed by atoms with Gasteiger partial charge in [0, 0.05) is 18.8 Å². The highest BCUT2D eigenvalue weighted by Crippen LogP contribution is 2.42. The highest BCUT2D eigenvalue weighted by atomic mass is 16.1. The number of ketones is 1. The molecule has 0 aromatic carbocycles. The normalized spacial score (nSPS) is 27.8. The molecule has 1 rings (SSSR count). The van der Waals surface area contributed by atoms with Crippen molar-refractivity contribution < 1.29 is 9.59 Å². The molecule has 2 atom stereocenters. The second-order valence-electron chi connectivity index (χ2n) is 5.24. The van der Waals surface area contributed by atoms with E-state index in [0.717, 1.165) is 12.8 Å². The summed E-state index contributed by atoms with van der Waals surface area (Å²) in [7, 11) is 0. The van der Waals surface area contributed by atoms with Gasteiger partial charge in [-0.3, -0.25) is 9.59 Å². The van der Waals surface area contributed by atoms with Gasteiger partial charge in [0.15, 0.2) is 0 Å². The zero-order valence-corrected chi connectivity index (χ0v) is 9.88. The fourth-order valence-electron chi connectivity index (χ4n) is 2.50. The van der Waals surface area contributed by atoms with E-state index < -0.39 is 0 Å². The number of hydrogen-bond donors (Lipinski definition) is 1. The van der Waals surface area contributed by atoms with Gasteiger partial charge in [0.2, 0.25) is 5.91 Å². The molecule has 2 unspecified atom stereocenters. The van der Waals surface area contributed by atoms with Gasteiger partial charge in [-0.1, -0.05) is 27.2 Å². The van der Waals surface area contributed by atoms with Crippen LogP contribution in [0.3, 0.4) is 0 Å². The first-order chi connectivity index (χ1) is 6.88. The Bertz CT molecular complexity index is 271. The van der Waals surface area contributed by atoms with Crippen LogP contribution in [-0.2, 0) is 9.59 Å². The molecule has 3 heteroatoms. The summed E-state index contributed by atoms with van der Waals surface area (Å²) in [4.78, 5) is 22.7. The minimum atomic E-state index is -0.311. The van der Waals surface area contributed by atoms with E-state index in [2.05, 4.69) is 20.8 Å². The summed E-state index contributed by atoms with van der Waals surface area (Å²) in [6.07, 6.45) is 2.78. The molecule has 1 saturated carbocycles. The molecule has 0 spiro atoms. The first-order valence-electron chi connectivity index (χ1n) is 5.69.